The third kappa shape index (κ3) is 3.48. The molecule has 0 atom stereocenters. The molecule has 0 aliphatic heterocycles. The molecule has 2 rings (SSSR count). The average Bonchev–Trinajstić information content (AvgIpc) is 2.46. The Morgan fingerprint density at radius 3 is 2.52 bits per heavy atom. The Bertz CT molecular complexity index is 770. The number of nitrogens with two attached hydrogens (primary N) is 1. The second-order valence-electron chi connectivity index (χ2n) is 4.20. The van der Waals surface area contributed by atoms with Crippen molar-refractivity contribution in [3.8, 4) is 11.5 Å². The van der Waals surface area contributed by atoms with Gasteiger partial charge in [-0.2, -0.15) is 0 Å². The Labute approximate surface area is 121 Å². The van der Waals surface area contributed by atoms with E-state index in [4.69, 9.17) is 15.7 Å². The molecule has 0 amide bonds. The van der Waals surface area contributed by atoms with E-state index >= 15 is 0 Å². The van der Waals surface area contributed by atoms with Crippen molar-refractivity contribution >= 4 is 15.7 Å². The molecule has 0 aliphatic carbocycles. The SMILES string of the molecule is CS(=O)(=O)c1ccc(Oc2cnccc2/C(N)=N/O)cc1. The molecule has 0 saturated heterocycles. The van der Waals surface area contributed by atoms with E-state index in [1.165, 1.54) is 42.7 Å². The number of hydrogen-bond donors (Lipinski definition) is 2. The van der Waals surface area contributed by atoms with Gasteiger partial charge in [0, 0.05) is 12.5 Å². The molecule has 1 heterocycles. The van der Waals surface area contributed by atoms with Crippen molar-refractivity contribution in [3.63, 3.8) is 0 Å². The molecule has 0 unspecified atom stereocenters. The molecule has 0 radical (unpaired) electrons. The number of amidine groups is 1. The summed E-state index contributed by atoms with van der Waals surface area (Å²) in [5.41, 5.74) is 5.92. The summed E-state index contributed by atoms with van der Waals surface area (Å²) in [6.45, 7) is 0. The zero-order chi connectivity index (χ0) is 15.5. The fourth-order valence-electron chi connectivity index (χ4n) is 1.61. The Morgan fingerprint density at radius 1 is 1.29 bits per heavy atom. The number of oxime groups is 1. The van der Waals surface area contributed by atoms with Gasteiger partial charge in [-0.05, 0) is 30.3 Å². The van der Waals surface area contributed by atoms with Gasteiger partial charge in [0.25, 0.3) is 0 Å². The number of sulfone groups is 1. The van der Waals surface area contributed by atoms with Gasteiger partial charge in [0.1, 0.15) is 5.75 Å². The van der Waals surface area contributed by atoms with Crippen molar-refractivity contribution in [3.05, 3.63) is 48.3 Å². The summed E-state index contributed by atoms with van der Waals surface area (Å²) in [7, 11) is -3.26. The van der Waals surface area contributed by atoms with Crippen LogP contribution in [-0.4, -0.2) is 30.7 Å². The number of rotatable bonds is 4. The largest absolute Gasteiger partial charge is 0.455 e. The highest BCUT2D eigenvalue weighted by Crippen LogP contribution is 2.25. The highest BCUT2D eigenvalue weighted by Gasteiger charge is 2.11. The van der Waals surface area contributed by atoms with Crippen LogP contribution in [-0.2, 0) is 9.84 Å². The summed E-state index contributed by atoms with van der Waals surface area (Å²) < 4.78 is 28.3. The van der Waals surface area contributed by atoms with Gasteiger partial charge < -0.3 is 15.7 Å². The van der Waals surface area contributed by atoms with Crippen molar-refractivity contribution in [2.24, 2.45) is 10.9 Å². The van der Waals surface area contributed by atoms with E-state index in [0.717, 1.165) is 6.26 Å². The summed E-state index contributed by atoms with van der Waals surface area (Å²) >= 11 is 0. The summed E-state index contributed by atoms with van der Waals surface area (Å²) in [5, 5.41) is 11.6. The second-order valence-corrected chi connectivity index (χ2v) is 6.22. The molecule has 7 nitrogen and oxygen atoms in total. The first kappa shape index (κ1) is 14.8. The van der Waals surface area contributed by atoms with E-state index < -0.39 is 9.84 Å². The summed E-state index contributed by atoms with van der Waals surface area (Å²) in [6, 6.07) is 7.43. The molecule has 0 bridgehead atoms. The van der Waals surface area contributed by atoms with Crippen LogP contribution in [0.2, 0.25) is 0 Å². The number of benzene rings is 1. The third-order valence-electron chi connectivity index (χ3n) is 2.65. The average molecular weight is 307 g/mol. The molecule has 0 fully saturated rings. The normalized spacial score (nSPS) is 12.1. The van der Waals surface area contributed by atoms with Crippen LogP contribution in [0.5, 0.6) is 11.5 Å². The molecular weight excluding hydrogens is 294 g/mol. The minimum atomic E-state index is -3.26. The molecule has 0 aliphatic rings. The van der Waals surface area contributed by atoms with Gasteiger partial charge in [0.05, 0.1) is 16.7 Å². The summed E-state index contributed by atoms with van der Waals surface area (Å²) in [5.74, 6) is 0.586. The van der Waals surface area contributed by atoms with Crippen LogP contribution in [0.25, 0.3) is 0 Å². The van der Waals surface area contributed by atoms with Crippen molar-refractivity contribution in [1.29, 1.82) is 0 Å². The van der Waals surface area contributed by atoms with E-state index in [1.54, 1.807) is 0 Å². The van der Waals surface area contributed by atoms with Gasteiger partial charge in [-0.1, -0.05) is 5.16 Å². The van der Waals surface area contributed by atoms with Gasteiger partial charge in [0.2, 0.25) is 0 Å². The predicted molar refractivity (Wildman–Crippen MR) is 76.4 cm³/mol. The highest BCUT2D eigenvalue weighted by molar-refractivity contribution is 7.90. The second kappa shape index (κ2) is 5.80. The fraction of sp³-hybridized carbons (Fsp3) is 0.0769. The Morgan fingerprint density at radius 2 is 1.95 bits per heavy atom. The molecule has 0 spiro atoms. The lowest BCUT2D eigenvalue weighted by molar-refractivity contribution is 0.318. The van der Waals surface area contributed by atoms with Crippen molar-refractivity contribution in [2.75, 3.05) is 6.26 Å². The lowest BCUT2D eigenvalue weighted by atomic mass is 10.2. The van der Waals surface area contributed by atoms with Gasteiger partial charge >= 0.3 is 0 Å². The Balaban J connectivity index is 2.31. The van der Waals surface area contributed by atoms with Crippen LogP contribution in [0.4, 0.5) is 0 Å². The number of ether oxygens (including phenoxy) is 1. The molecule has 0 saturated carbocycles. The third-order valence-corrected chi connectivity index (χ3v) is 3.78. The van der Waals surface area contributed by atoms with Crippen LogP contribution in [0, 0.1) is 0 Å². The minimum Gasteiger partial charge on any atom is -0.455 e. The van der Waals surface area contributed by atoms with Crippen LogP contribution in [0.3, 0.4) is 0 Å². The van der Waals surface area contributed by atoms with Gasteiger partial charge in [-0.3, -0.25) is 4.98 Å². The standard InChI is InChI=1S/C13H13N3O4S/c1-21(18,19)10-4-2-9(3-5-10)20-12-8-15-7-6-11(12)13(14)16-17/h2-8,17H,1H3,(H2,14,16). The van der Waals surface area contributed by atoms with Crippen LogP contribution in [0.1, 0.15) is 5.56 Å². The molecular formula is C13H13N3O4S. The molecule has 21 heavy (non-hydrogen) atoms. The first-order chi connectivity index (χ1) is 9.91. The number of nitrogens with zero attached hydrogens (tertiary/aromatic N) is 2. The lowest BCUT2D eigenvalue weighted by Crippen LogP contribution is -2.14. The molecule has 110 valence electrons. The monoisotopic (exact) mass is 307 g/mol. The quantitative estimate of drug-likeness (QED) is 0.381. The highest BCUT2D eigenvalue weighted by atomic mass is 32.2. The van der Waals surface area contributed by atoms with Crippen LogP contribution >= 0.6 is 0 Å². The van der Waals surface area contributed by atoms with E-state index in [9.17, 15) is 8.42 Å². The molecule has 1 aromatic carbocycles. The zero-order valence-corrected chi connectivity index (χ0v) is 11.9. The topological polar surface area (TPSA) is 115 Å². The minimum absolute atomic E-state index is 0.111. The van der Waals surface area contributed by atoms with Crippen LogP contribution in [0.15, 0.2) is 52.8 Å². The predicted octanol–water partition coefficient (Wildman–Crippen LogP) is 1.37. The summed E-state index contributed by atoms with van der Waals surface area (Å²) in [6.07, 6.45) is 4.02. The van der Waals surface area contributed by atoms with E-state index in [-0.39, 0.29) is 10.7 Å². The zero-order valence-electron chi connectivity index (χ0n) is 11.1. The maximum atomic E-state index is 11.4. The van der Waals surface area contributed by atoms with E-state index in [2.05, 4.69) is 10.1 Å². The van der Waals surface area contributed by atoms with Gasteiger partial charge in [-0.25, -0.2) is 8.42 Å². The summed E-state index contributed by atoms with van der Waals surface area (Å²) in [4.78, 5) is 4.09. The molecule has 3 N–H and O–H groups in total. The maximum Gasteiger partial charge on any atom is 0.175 e. The smallest absolute Gasteiger partial charge is 0.175 e. The van der Waals surface area contributed by atoms with E-state index in [0.29, 0.717) is 17.1 Å². The Kier molecular flexibility index (Phi) is 4.08. The van der Waals surface area contributed by atoms with Gasteiger partial charge in [0.15, 0.2) is 21.4 Å². The number of aromatic nitrogens is 1. The number of hydrogen-bond acceptors (Lipinski definition) is 6. The maximum absolute atomic E-state index is 11.4. The fourth-order valence-corrected chi connectivity index (χ4v) is 2.24. The van der Waals surface area contributed by atoms with Crippen molar-refractivity contribution in [1.82, 2.24) is 4.98 Å². The first-order valence-electron chi connectivity index (χ1n) is 5.81. The molecule has 1 aromatic heterocycles. The number of pyridine rings is 1. The van der Waals surface area contributed by atoms with E-state index in [1.807, 2.05) is 0 Å². The Hall–Kier alpha value is -2.61. The van der Waals surface area contributed by atoms with Crippen molar-refractivity contribution in [2.45, 2.75) is 4.90 Å². The first-order valence-corrected chi connectivity index (χ1v) is 7.71. The van der Waals surface area contributed by atoms with Crippen molar-refractivity contribution < 1.29 is 18.4 Å². The van der Waals surface area contributed by atoms with Crippen LogP contribution < -0.4 is 10.5 Å². The molecule has 2 aromatic rings. The van der Waals surface area contributed by atoms with Gasteiger partial charge in [-0.15, -0.1) is 0 Å². The lowest BCUT2D eigenvalue weighted by Gasteiger charge is -2.09. The molecule has 8 heteroatoms.